The number of benzene rings is 4. The number of fused-ring (bicyclic) bond motifs is 1. The Morgan fingerprint density at radius 1 is 0.613 bits per heavy atom. The molecule has 4 aromatic carbocycles. The Hall–Kier alpha value is -4.11. The number of carbonyl (C=O) groups excluding carboxylic acids is 1. The minimum Gasteiger partial charge on any atom is -0.444 e. The van der Waals surface area contributed by atoms with Gasteiger partial charge in [0.05, 0.1) is 0 Å². The molecular formula is C28H20O3. The van der Waals surface area contributed by atoms with E-state index in [9.17, 15) is 4.79 Å². The lowest BCUT2D eigenvalue weighted by Crippen LogP contribution is -2.40. The lowest BCUT2D eigenvalue weighted by molar-refractivity contribution is -0.125. The first-order chi connectivity index (χ1) is 15.3. The fourth-order valence-corrected chi connectivity index (χ4v) is 3.79. The first-order valence-corrected chi connectivity index (χ1v) is 10.2. The molecule has 0 aliphatic carbocycles. The fourth-order valence-electron chi connectivity index (χ4n) is 3.79. The van der Waals surface area contributed by atoms with Crippen LogP contribution in [0.2, 0.25) is 0 Å². The SMILES string of the molecule is O=C1O[C@@](C=C(c2ccccc2)c2ccccc2)(c2ccccc2)Oc2ccccc21. The van der Waals surface area contributed by atoms with E-state index in [-0.39, 0.29) is 0 Å². The Kier molecular flexibility index (Phi) is 4.85. The summed E-state index contributed by atoms with van der Waals surface area (Å²) in [5.41, 5.74) is 4.08. The summed E-state index contributed by atoms with van der Waals surface area (Å²) in [5.74, 6) is -1.31. The summed E-state index contributed by atoms with van der Waals surface area (Å²) in [6.07, 6.45) is 1.90. The van der Waals surface area contributed by atoms with Crippen molar-refractivity contribution in [3.8, 4) is 5.75 Å². The average Bonchev–Trinajstić information content (AvgIpc) is 2.84. The van der Waals surface area contributed by atoms with Gasteiger partial charge in [0.25, 0.3) is 0 Å². The Morgan fingerprint density at radius 3 is 1.74 bits per heavy atom. The van der Waals surface area contributed by atoms with Crippen LogP contribution >= 0.6 is 0 Å². The Morgan fingerprint density at radius 2 is 1.13 bits per heavy atom. The van der Waals surface area contributed by atoms with E-state index in [0.717, 1.165) is 22.3 Å². The molecule has 3 heteroatoms. The fraction of sp³-hybridized carbons (Fsp3) is 0.0357. The third-order valence-electron chi connectivity index (χ3n) is 5.29. The highest BCUT2D eigenvalue weighted by Crippen LogP contribution is 2.41. The van der Waals surface area contributed by atoms with E-state index >= 15 is 0 Å². The van der Waals surface area contributed by atoms with Gasteiger partial charge in [0.2, 0.25) is 0 Å². The molecule has 0 saturated carbocycles. The molecule has 1 aliphatic rings. The van der Waals surface area contributed by atoms with Crippen LogP contribution in [0.15, 0.2) is 121 Å². The van der Waals surface area contributed by atoms with Gasteiger partial charge in [-0.1, -0.05) is 103 Å². The predicted octanol–water partition coefficient (Wildman–Crippen LogP) is 6.22. The molecule has 31 heavy (non-hydrogen) atoms. The summed E-state index contributed by atoms with van der Waals surface area (Å²) in [7, 11) is 0. The smallest absolute Gasteiger partial charge is 0.345 e. The van der Waals surface area contributed by atoms with Gasteiger partial charge in [0, 0.05) is 11.6 Å². The largest absolute Gasteiger partial charge is 0.444 e. The number of para-hydroxylation sites is 1. The third-order valence-corrected chi connectivity index (χ3v) is 5.29. The number of esters is 1. The molecule has 5 rings (SSSR count). The highest BCUT2D eigenvalue weighted by Gasteiger charge is 2.43. The second-order valence-electron chi connectivity index (χ2n) is 7.31. The molecule has 1 atom stereocenters. The van der Waals surface area contributed by atoms with Crippen molar-refractivity contribution in [2.75, 3.05) is 0 Å². The lowest BCUT2D eigenvalue weighted by Gasteiger charge is -2.36. The topological polar surface area (TPSA) is 35.5 Å². The molecule has 0 fully saturated rings. The number of hydrogen-bond donors (Lipinski definition) is 0. The van der Waals surface area contributed by atoms with Gasteiger partial charge in [-0.2, -0.15) is 0 Å². The number of ether oxygens (including phenoxy) is 2. The van der Waals surface area contributed by atoms with Crippen LogP contribution in [0.3, 0.4) is 0 Å². The van der Waals surface area contributed by atoms with Crippen molar-refractivity contribution in [1.29, 1.82) is 0 Å². The zero-order chi connectivity index (χ0) is 21.1. The number of carbonyl (C=O) groups is 1. The van der Waals surface area contributed by atoms with E-state index in [2.05, 4.69) is 0 Å². The zero-order valence-corrected chi connectivity index (χ0v) is 16.8. The van der Waals surface area contributed by atoms with E-state index in [4.69, 9.17) is 9.47 Å². The Balaban J connectivity index is 1.75. The second kappa shape index (κ2) is 7.96. The van der Waals surface area contributed by atoms with E-state index in [1.165, 1.54) is 0 Å². The maximum atomic E-state index is 13.0. The van der Waals surface area contributed by atoms with E-state index in [0.29, 0.717) is 11.3 Å². The van der Waals surface area contributed by atoms with Gasteiger partial charge in [0.1, 0.15) is 11.3 Å². The maximum absolute atomic E-state index is 13.0. The molecule has 0 unspecified atom stereocenters. The minimum absolute atomic E-state index is 0.414. The van der Waals surface area contributed by atoms with Crippen molar-refractivity contribution in [2.45, 2.75) is 5.79 Å². The van der Waals surface area contributed by atoms with Crippen LogP contribution in [0.25, 0.3) is 5.57 Å². The van der Waals surface area contributed by atoms with Crippen molar-refractivity contribution < 1.29 is 14.3 Å². The summed E-state index contributed by atoms with van der Waals surface area (Å²) in [4.78, 5) is 13.0. The molecule has 4 aromatic rings. The van der Waals surface area contributed by atoms with Crippen molar-refractivity contribution in [3.63, 3.8) is 0 Å². The summed E-state index contributed by atoms with van der Waals surface area (Å²) < 4.78 is 12.5. The van der Waals surface area contributed by atoms with Crippen LogP contribution in [-0.4, -0.2) is 5.97 Å². The maximum Gasteiger partial charge on any atom is 0.345 e. The quantitative estimate of drug-likeness (QED) is 0.379. The lowest BCUT2D eigenvalue weighted by atomic mass is 9.92. The van der Waals surface area contributed by atoms with E-state index < -0.39 is 11.8 Å². The number of hydrogen-bond acceptors (Lipinski definition) is 3. The molecule has 0 amide bonds. The molecule has 0 radical (unpaired) electrons. The van der Waals surface area contributed by atoms with Crippen LogP contribution in [-0.2, 0) is 10.5 Å². The number of cyclic esters (lactones) is 1. The molecule has 0 saturated heterocycles. The Labute approximate surface area is 181 Å². The molecule has 1 heterocycles. The highest BCUT2D eigenvalue weighted by molar-refractivity contribution is 5.94. The molecule has 1 aliphatic heterocycles. The van der Waals surface area contributed by atoms with Gasteiger partial charge >= 0.3 is 11.8 Å². The van der Waals surface area contributed by atoms with Crippen LogP contribution in [0.4, 0.5) is 0 Å². The number of rotatable bonds is 4. The summed E-state index contributed by atoms with van der Waals surface area (Å²) >= 11 is 0. The summed E-state index contributed by atoms with van der Waals surface area (Å²) in [5, 5.41) is 0. The van der Waals surface area contributed by atoms with Crippen LogP contribution in [0.5, 0.6) is 5.75 Å². The second-order valence-corrected chi connectivity index (χ2v) is 7.31. The molecule has 150 valence electrons. The molecule has 0 bridgehead atoms. The molecule has 0 aromatic heterocycles. The van der Waals surface area contributed by atoms with E-state index in [1.54, 1.807) is 18.2 Å². The summed E-state index contributed by atoms with van der Waals surface area (Å²) in [6, 6.07) is 36.8. The van der Waals surface area contributed by atoms with Crippen molar-refractivity contribution >= 4 is 11.5 Å². The Bertz CT molecular complexity index is 1190. The minimum atomic E-state index is -1.40. The summed E-state index contributed by atoms with van der Waals surface area (Å²) in [6.45, 7) is 0. The van der Waals surface area contributed by atoms with Crippen LogP contribution in [0.1, 0.15) is 27.0 Å². The highest BCUT2D eigenvalue weighted by atomic mass is 16.7. The van der Waals surface area contributed by atoms with Crippen molar-refractivity contribution in [1.82, 2.24) is 0 Å². The first-order valence-electron chi connectivity index (χ1n) is 10.2. The molecular weight excluding hydrogens is 384 g/mol. The van der Waals surface area contributed by atoms with Gasteiger partial charge in [-0.15, -0.1) is 0 Å². The van der Waals surface area contributed by atoms with Gasteiger partial charge in [-0.3, -0.25) is 0 Å². The van der Waals surface area contributed by atoms with Crippen molar-refractivity contribution in [3.05, 3.63) is 144 Å². The zero-order valence-electron chi connectivity index (χ0n) is 16.8. The first kappa shape index (κ1) is 18.9. The molecule has 0 spiro atoms. The van der Waals surface area contributed by atoms with E-state index in [1.807, 2.05) is 103 Å². The van der Waals surface area contributed by atoms with Gasteiger partial charge < -0.3 is 9.47 Å². The van der Waals surface area contributed by atoms with Crippen LogP contribution < -0.4 is 4.74 Å². The van der Waals surface area contributed by atoms with Gasteiger partial charge in [-0.25, -0.2) is 4.79 Å². The van der Waals surface area contributed by atoms with Crippen LogP contribution in [0, 0.1) is 0 Å². The van der Waals surface area contributed by atoms with Gasteiger partial charge in [-0.05, 0) is 28.8 Å². The average molecular weight is 404 g/mol. The third kappa shape index (κ3) is 3.62. The standard InChI is InChI=1S/C28H20O3/c29-27-24-18-10-11-19-26(24)30-28(31-27,23-16-8-3-9-17-23)20-25(21-12-4-1-5-13-21)22-14-6-2-7-15-22/h1-20H/t28-/m0/s1. The monoisotopic (exact) mass is 404 g/mol. The van der Waals surface area contributed by atoms with Crippen molar-refractivity contribution in [2.24, 2.45) is 0 Å². The molecule has 0 N–H and O–H groups in total. The normalized spacial score (nSPS) is 17.1. The molecule has 3 nitrogen and oxygen atoms in total. The predicted molar refractivity (Wildman–Crippen MR) is 121 cm³/mol. The van der Waals surface area contributed by atoms with Gasteiger partial charge in [0.15, 0.2) is 0 Å².